The number of hydrogen-bond donors (Lipinski definition) is 3. The van der Waals surface area contributed by atoms with E-state index in [1.807, 2.05) is 0 Å². The number of carbonyl (C=O) groups is 2. The maximum Gasteiger partial charge on any atom is 0.410 e. The molecule has 0 atom stereocenters. The molecule has 2 amide bonds. The molecule has 0 aliphatic heterocycles. The molecule has 0 fully saturated rings. The van der Waals surface area contributed by atoms with E-state index < -0.39 is 19.0 Å². The second kappa shape index (κ2) is 10.7. The summed E-state index contributed by atoms with van der Waals surface area (Å²) < 4.78 is 8.68. The Morgan fingerprint density at radius 1 is 1.19 bits per heavy atom. The van der Waals surface area contributed by atoms with Gasteiger partial charge in [0.15, 0.2) is 0 Å². The lowest BCUT2D eigenvalue weighted by Crippen LogP contribution is -2.28. The van der Waals surface area contributed by atoms with Crippen LogP contribution in [0.3, 0.4) is 0 Å². The molecular formula is C7H15N3O4S2. The molecule has 0 rings (SSSR count). The zero-order chi connectivity index (χ0) is 12.2. The third-order valence-electron chi connectivity index (χ3n) is 1.13. The average molecular weight is 269 g/mol. The summed E-state index contributed by atoms with van der Waals surface area (Å²) in [5, 5.41) is 2.47. The van der Waals surface area contributed by atoms with E-state index in [0.717, 1.165) is 11.5 Å². The highest BCUT2D eigenvalue weighted by molar-refractivity contribution is 8.76. The number of alkyl carbamates (subject to hydrolysis) is 1. The normalized spacial score (nSPS) is 9.56. The topological polar surface area (TPSA) is 117 Å². The Labute approximate surface area is 101 Å². The lowest BCUT2D eigenvalue weighted by molar-refractivity contribution is 0.0287. The van der Waals surface area contributed by atoms with Gasteiger partial charge in [0.2, 0.25) is 6.79 Å². The van der Waals surface area contributed by atoms with Crippen LogP contribution in [-0.4, -0.2) is 43.6 Å². The molecule has 0 aromatic carbocycles. The van der Waals surface area contributed by atoms with Crippen LogP contribution in [0.4, 0.5) is 9.59 Å². The highest BCUT2D eigenvalue weighted by Gasteiger charge is 2.01. The Kier molecular flexibility index (Phi) is 10.2. The monoisotopic (exact) mass is 269 g/mol. The van der Waals surface area contributed by atoms with Crippen LogP contribution in [-0.2, 0) is 9.47 Å². The van der Waals surface area contributed by atoms with Crippen molar-refractivity contribution >= 4 is 33.8 Å². The van der Waals surface area contributed by atoms with Crippen molar-refractivity contribution in [1.82, 2.24) is 5.32 Å². The van der Waals surface area contributed by atoms with Crippen molar-refractivity contribution in [2.24, 2.45) is 11.5 Å². The van der Waals surface area contributed by atoms with Gasteiger partial charge in [-0.15, -0.1) is 0 Å². The summed E-state index contributed by atoms with van der Waals surface area (Å²) in [6.45, 7) is 0.630. The van der Waals surface area contributed by atoms with Gasteiger partial charge in [-0.05, 0) is 0 Å². The summed E-state index contributed by atoms with van der Waals surface area (Å²) >= 11 is 0. The lowest BCUT2D eigenvalue weighted by atomic mass is 10.7. The first-order valence-electron chi connectivity index (χ1n) is 4.44. The Balaban J connectivity index is 3.20. The molecule has 16 heavy (non-hydrogen) atoms. The molecule has 0 aromatic heterocycles. The van der Waals surface area contributed by atoms with Gasteiger partial charge >= 0.3 is 12.2 Å². The molecular weight excluding hydrogens is 254 g/mol. The van der Waals surface area contributed by atoms with Crippen LogP contribution >= 0.6 is 21.6 Å². The lowest BCUT2D eigenvalue weighted by Gasteiger charge is -2.05. The minimum Gasteiger partial charge on any atom is -0.412 e. The second-order valence-electron chi connectivity index (χ2n) is 2.37. The van der Waals surface area contributed by atoms with E-state index in [9.17, 15) is 9.59 Å². The van der Waals surface area contributed by atoms with E-state index in [2.05, 4.69) is 20.5 Å². The fourth-order valence-corrected chi connectivity index (χ4v) is 2.32. The SMILES string of the molecule is NCCSSCCNC(=O)OCOC(N)=O. The van der Waals surface area contributed by atoms with Gasteiger partial charge in [0.25, 0.3) is 0 Å². The molecule has 0 saturated carbocycles. The van der Waals surface area contributed by atoms with Crippen LogP contribution in [0, 0.1) is 0 Å². The molecule has 0 saturated heterocycles. The number of rotatable bonds is 8. The summed E-state index contributed by atoms with van der Waals surface area (Å²) in [6, 6.07) is 0. The standard InChI is InChI=1S/C7H15N3O4S2/c8-1-3-15-16-4-2-10-7(12)14-5-13-6(9)11/h1-5,8H2,(H2,9,11)(H,10,12). The van der Waals surface area contributed by atoms with Crippen LogP contribution in [0.1, 0.15) is 0 Å². The summed E-state index contributed by atoms with van der Waals surface area (Å²) in [6.07, 6.45) is -1.63. The summed E-state index contributed by atoms with van der Waals surface area (Å²) in [7, 11) is 3.25. The fourth-order valence-electron chi connectivity index (χ4n) is 0.553. The van der Waals surface area contributed by atoms with Crippen molar-refractivity contribution in [2.45, 2.75) is 0 Å². The van der Waals surface area contributed by atoms with Crippen molar-refractivity contribution in [1.29, 1.82) is 0 Å². The van der Waals surface area contributed by atoms with E-state index in [1.165, 1.54) is 0 Å². The maximum atomic E-state index is 10.9. The van der Waals surface area contributed by atoms with Crippen molar-refractivity contribution in [3.05, 3.63) is 0 Å². The quantitative estimate of drug-likeness (QED) is 0.325. The predicted octanol–water partition coefficient (Wildman–Crippen LogP) is 0.105. The first-order valence-corrected chi connectivity index (χ1v) is 6.93. The average Bonchev–Trinajstić information content (AvgIpc) is 2.22. The Morgan fingerprint density at radius 3 is 2.50 bits per heavy atom. The van der Waals surface area contributed by atoms with E-state index in [0.29, 0.717) is 13.1 Å². The first-order chi connectivity index (χ1) is 7.66. The minimum atomic E-state index is -0.985. The molecule has 94 valence electrons. The fraction of sp³-hybridized carbons (Fsp3) is 0.714. The van der Waals surface area contributed by atoms with Gasteiger partial charge < -0.3 is 26.3 Å². The Bertz CT molecular complexity index is 218. The Hall–Kier alpha value is -0.800. The van der Waals surface area contributed by atoms with Gasteiger partial charge in [0, 0.05) is 24.6 Å². The number of amides is 2. The summed E-state index contributed by atoms with van der Waals surface area (Å²) in [5.41, 5.74) is 9.95. The van der Waals surface area contributed by atoms with Gasteiger partial charge in [0.1, 0.15) is 0 Å². The van der Waals surface area contributed by atoms with Crippen LogP contribution in [0.15, 0.2) is 0 Å². The highest BCUT2D eigenvalue weighted by Crippen LogP contribution is 2.18. The first kappa shape index (κ1) is 15.2. The van der Waals surface area contributed by atoms with Crippen molar-refractivity contribution < 1.29 is 19.1 Å². The number of ether oxygens (including phenoxy) is 2. The number of nitrogens with two attached hydrogens (primary N) is 2. The van der Waals surface area contributed by atoms with Crippen LogP contribution in [0.25, 0.3) is 0 Å². The van der Waals surface area contributed by atoms with E-state index in [-0.39, 0.29) is 0 Å². The molecule has 0 aliphatic rings. The molecule has 0 spiro atoms. The number of nitrogens with one attached hydrogen (secondary N) is 1. The van der Waals surface area contributed by atoms with E-state index >= 15 is 0 Å². The molecule has 0 radical (unpaired) electrons. The number of carbonyl (C=O) groups excluding carboxylic acids is 2. The molecule has 0 aliphatic carbocycles. The van der Waals surface area contributed by atoms with Gasteiger partial charge in [0.05, 0.1) is 0 Å². The molecule has 0 unspecified atom stereocenters. The molecule has 9 heteroatoms. The van der Waals surface area contributed by atoms with Gasteiger partial charge in [-0.25, -0.2) is 9.59 Å². The molecule has 0 heterocycles. The van der Waals surface area contributed by atoms with Crippen LogP contribution < -0.4 is 16.8 Å². The highest BCUT2D eigenvalue weighted by atomic mass is 33.1. The van der Waals surface area contributed by atoms with Gasteiger partial charge in [-0.1, -0.05) is 21.6 Å². The van der Waals surface area contributed by atoms with E-state index in [1.54, 1.807) is 21.6 Å². The third-order valence-corrected chi connectivity index (χ3v) is 3.57. The molecule has 0 aromatic rings. The smallest absolute Gasteiger partial charge is 0.410 e. The zero-order valence-corrected chi connectivity index (χ0v) is 10.3. The third kappa shape index (κ3) is 11.3. The number of hydrogen-bond acceptors (Lipinski definition) is 7. The van der Waals surface area contributed by atoms with Crippen molar-refractivity contribution in [3.63, 3.8) is 0 Å². The van der Waals surface area contributed by atoms with Crippen LogP contribution in [0.5, 0.6) is 0 Å². The molecule has 7 nitrogen and oxygen atoms in total. The summed E-state index contributed by atoms with van der Waals surface area (Å²) in [4.78, 5) is 21.0. The Morgan fingerprint density at radius 2 is 1.88 bits per heavy atom. The van der Waals surface area contributed by atoms with Gasteiger partial charge in [-0.3, -0.25) is 0 Å². The van der Waals surface area contributed by atoms with Crippen LogP contribution in [0.2, 0.25) is 0 Å². The zero-order valence-electron chi connectivity index (χ0n) is 8.64. The van der Waals surface area contributed by atoms with E-state index in [4.69, 9.17) is 5.73 Å². The second-order valence-corrected chi connectivity index (χ2v) is 5.07. The molecule has 5 N–H and O–H groups in total. The predicted molar refractivity (Wildman–Crippen MR) is 64.0 cm³/mol. The molecule has 0 bridgehead atoms. The minimum absolute atomic E-state index is 0.470. The summed E-state index contributed by atoms with van der Waals surface area (Å²) in [5.74, 6) is 1.62. The maximum absolute atomic E-state index is 10.9. The van der Waals surface area contributed by atoms with Gasteiger partial charge in [-0.2, -0.15) is 0 Å². The van der Waals surface area contributed by atoms with Crippen molar-refractivity contribution in [2.75, 3.05) is 31.4 Å². The largest absolute Gasteiger partial charge is 0.412 e. The number of primary amides is 1. The van der Waals surface area contributed by atoms with Crippen molar-refractivity contribution in [3.8, 4) is 0 Å².